The van der Waals surface area contributed by atoms with Gasteiger partial charge in [-0.05, 0) is 69.8 Å². The average Bonchev–Trinajstić information content (AvgIpc) is 2.46. The van der Waals surface area contributed by atoms with Gasteiger partial charge in [0.15, 0.2) is 5.16 Å². The van der Waals surface area contributed by atoms with Crippen LogP contribution in [0.25, 0.3) is 0 Å². The minimum Gasteiger partial charge on any atom is -0.313 e. The SMILES string of the molecule is CNC(C)c1ccc(Sc2nc(C)c(C)c(C)n2)c(F)c1. The van der Waals surface area contributed by atoms with Crippen LogP contribution in [0.4, 0.5) is 4.39 Å². The summed E-state index contributed by atoms with van der Waals surface area (Å²) in [6.45, 7) is 7.88. The van der Waals surface area contributed by atoms with Crippen LogP contribution in [0.3, 0.4) is 0 Å². The quantitative estimate of drug-likeness (QED) is 0.867. The Morgan fingerprint density at radius 1 is 1.14 bits per heavy atom. The van der Waals surface area contributed by atoms with E-state index in [0.717, 1.165) is 22.5 Å². The fourth-order valence-electron chi connectivity index (χ4n) is 1.92. The maximum atomic E-state index is 14.2. The molecule has 0 saturated heterocycles. The minimum absolute atomic E-state index is 0.124. The van der Waals surface area contributed by atoms with Crippen molar-refractivity contribution in [2.75, 3.05) is 7.05 Å². The molecule has 21 heavy (non-hydrogen) atoms. The van der Waals surface area contributed by atoms with Gasteiger partial charge in [0, 0.05) is 17.4 Å². The summed E-state index contributed by atoms with van der Waals surface area (Å²) in [5.74, 6) is -0.237. The maximum Gasteiger partial charge on any atom is 0.192 e. The second-order valence-electron chi connectivity index (χ2n) is 5.10. The second-order valence-corrected chi connectivity index (χ2v) is 6.11. The minimum atomic E-state index is -0.237. The first kappa shape index (κ1) is 15.9. The predicted molar refractivity (Wildman–Crippen MR) is 84.2 cm³/mol. The average molecular weight is 305 g/mol. The lowest BCUT2D eigenvalue weighted by atomic mass is 10.1. The van der Waals surface area contributed by atoms with E-state index in [1.807, 2.05) is 40.8 Å². The second kappa shape index (κ2) is 6.54. The normalized spacial score (nSPS) is 12.5. The summed E-state index contributed by atoms with van der Waals surface area (Å²) in [5.41, 5.74) is 3.88. The number of aromatic nitrogens is 2. The standard InChI is InChI=1S/C16H20FN3S/c1-9-10(2)19-16(20-11(9)3)21-15-7-6-13(8-14(15)17)12(4)18-5/h6-8,12,18H,1-5H3. The molecule has 1 aromatic carbocycles. The molecule has 3 nitrogen and oxygen atoms in total. The lowest BCUT2D eigenvalue weighted by Gasteiger charge is -2.12. The number of benzene rings is 1. The number of hydrogen-bond acceptors (Lipinski definition) is 4. The van der Waals surface area contributed by atoms with Crippen molar-refractivity contribution in [3.8, 4) is 0 Å². The Hall–Kier alpha value is -1.46. The molecular formula is C16H20FN3S. The monoisotopic (exact) mass is 305 g/mol. The molecule has 0 aliphatic rings. The van der Waals surface area contributed by atoms with Crippen molar-refractivity contribution in [1.82, 2.24) is 15.3 Å². The molecule has 0 saturated carbocycles. The van der Waals surface area contributed by atoms with Crippen molar-refractivity contribution in [2.45, 2.75) is 43.8 Å². The smallest absolute Gasteiger partial charge is 0.192 e. The third-order valence-corrected chi connectivity index (χ3v) is 4.62. The van der Waals surface area contributed by atoms with Crippen LogP contribution in [0, 0.1) is 26.6 Å². The van der Waals surface area contributed by atoms with E-state index in [2.05, 4.69) is 15.3 Å². The molecule has 1 atom stereocenters. The van der Waals surface area contributed by atoms with E-state index in [9.17, 15) is 4.39 Å². The number of hydrogen-bond donors (Lipinski definition) is 1. The van der Waals surface area contributed by atoms with E-state index in [-0.39, 0.29) is 11.9 Å². The van der Waals surface area contributed by atoms with Crippen molar-refractivity contribution in [3.63, 3.8) is 0 Å². The lowest BCUT2D eigenvalue weighted by Crippen LogP contribution is -2.12. The molecule has 112 valence electrons. The highest BCUT2D eigenvalue weighted by atomic mass is 32.2. The first-order valence-corrected chi connectivity index (χ1v) is 7.70. The lowest BCUT2D eigenvalue weighted by molar-refractivity contribution is 0.587. The number of nitrogens with one attached hydrogen (secondary N) is 1. The molecule has 0 spiro atoms. The summed E-state index contributed by atoms with van der Waals surface area (Å²) in [5, 5.41) is 3.69. The van der Waals surface area contributed by atoms with Gasteiger partial charge in [-0.2, -0.15) is 0 Å². The molecule has 0 bridgehead atoms. The van der Waals surface area contributed by atoms with Crippen LogP contribution in [-0.2, 0) is 0 Å². The van der Waals surface area contributed by atoms with Crippen molar-refractivity contribution >= 4 is 11.8 Å². The van der Waals surface area contributed by atoms with Gasteiger partial charge in [-0.3, -0.25) is 0 Å². The molecule has 0 radical (unpaired) electrons. The van der Waals surface area contributed by atoms with Gasteiger partial charge in [-0.25, -0.2) is 14.4 Å². The van der Waals surface area contributed by atoms with Crippen LogP contribution in [0.1, 0.15) is 35.5 Å². The van der Waals surface area contributed by atoms with Gasteiger partial charge >= 0.3 is 0 Å². The fraction of sp³-hybridized carbons (Fsp3) is 0.375. The fourth-order valence-corrected chi connectivity index (χ4v) is 2.78. The van der Waals surface area contributed by atoms with Crippen LogP contribution < -0.4 is 5.32 Å². The van der Waals surface area contributed by atoms with Crippen LogP contribution in [-0.4, -0.2) is 17.0 Å². The van der Waals surface area contributed by atoms with Gasteiger partial charge in [0.1, 0.15) is 5.82 Å². The zero-order valence-electron chi connectivity index (χ0n) is 13.0. The molecule has 5 heteroatoms. The molecule has 1 heterocycles. The maximum absolute atomic E-state index is 14.2. The highest BCUT2D eigenvalue weighted by Crippen LogP contribution is 2.29. The summed E-state index contributed by atoms with van der Waals surface area (Å²) >= 11 is 1.26. The number of aryl methyl sites for hydroxylation is 2. The third kappa shape index (κ3) is 3.60. The Morgan fingerprint density at radius 3 is 2.29 bits per heavy atom. The van der Waals surface area contributed by atoms with E-state index in [0.29, 0.717) is 10.1 Å². The summed E-state index contributed by atoms with van der Waals surface area (Å²) in [6, 6.07) is 5.41. The van der Waals surface area contributed by atoms with Crippen LogP contribution >= 0.6 is 11.8 Å². The zero-order chi connectivity index (χ0) is 15.6. The molecular weight excluding hydrogens is 285 g/mol. The summed E-state index contributed by atoms with van der Waals surface area (Å²) in [6.07, 6.45) is 0. The first-order chi connectivity index (χ1) is 9.92. The van der Waals surface area contributed by atoms with Gasteiger partial charge in [0.05, 0.1) is 4.90 Å². The number of nitrogens with zero attached hydrogens (tertiary/aromatic N) is 2. The highest BCUT2D eigenvalue weighted by Gasteiger charge is 2.12. The molecule has 2 aromatic rings. The molecule has 0 aliphatic heterocycles. The molecule has 0 amide bonds. The van der Waals surface area contributed by atoms with Crippen LogP contribution in [0.5, 0.6) is 0 Å². The van der Waals surface area contributed by atoms with E-state index >= 15 is 0 Å². The van der Waals surface area contributed by atoms with Gasteiger partial charge in [-0.1, -0.05) is 6.07 Å². The Bertz CT molecular complexity index is 635. The molecule has 0 aliphatic carbocycles. The highest BCUT2D eigenvalue weighted by molar-refractivity contribution is 7.99. The molecule has 1 aromatic heterocycles. The van der Waals surface area contributed by atoms with Crippen LogP contribution in [0.15, 0.2) is 28.3 Å². The Morgan fingerprint density at radius 2 is 1.76 bits per heavy atom. The van der Waals surface area contributed by atoms with E-state index in [1.165, 1.54) is 11.8 Å². The summed E-state index contributed by atoms with van der Waals surface area (Å²) in [4.78, 5) is 9.38. The van der Waals surface area contributed by atoms with E-state index in [1.54, 1.807) is 12.1 Å². The Balaban J connectivity index is 2.28. The molecule has 2 rings (SSSR count). The topological polar surface area (TPSA) is 37.8 Å². The number of halogens is 1. The molecule has 1 unspecified atom stereocenters. The van der Waals surface area contributed by atoms with E-state index < -0.39 is 0 Å². The van der Waals surface area contributed by atoms with Crippen LogP contribution in [0.2, 0.25) is 0 Å². The van der Waals surface area contributed by atoms with Crippen molar-refractivity contribution in [3.05, 3.63) is 46.5 Å². The third-order valence-electron chi connectivity index (χ3n) is 3.70. The van der Waals surface area contributed by atoms with Gasteiger partial charge in [-0.15, -0.1) is 0 Å². The first-order valence-electron chi connectivity index (χ1n) is 6.88. The van der Waals surface area contributed by atoms with Gasteiger partial charge < -0.3 is 5.32 Å². The zero-order valence-corrected chi connectivity index (χ0v) is 13.8. The largest absolute Gasteiger partial charge is 0.313 e. The Labute approximate surface area is 129 Å². The Kier molecular flexibility index (Phi) is 4.96. The molecule has 1 N–H and O–H groups in total. The van der Waals surface area contributed by atoms with Gasteiger partial charge in [0.2, 0.25) is 0 Å². The summed E-state index contributed by atoms with van der Waals surface area (Å²) < 4.78 is 14.2. The molecule has 0 fully saturated rings. The van der Waals surface area contributed by atoms with Crippen molar-refractivity contribution in [2.24, 2.45) is 0 Å². The summed E-state index contributed by atoms with van der Waals surface area (Å²) in [7, 11) is 1.86. The van der Waals surface area contributed by atoms with Gasteiger partial charge in [0.25, 0.3) is 0 Å². The van der Waals surface area contributed by atoms with Crippen molar-refractivity contribution in [1.29, 1.82) is 0 Å². The van der Waals surface area contributed by atoms with E-state index in [4.69, 9.17) is 0 Å². The van der Waals surface area contributed by atoms with Crippen molar-refractivity contribution < 1.29 is 4.39 Å². The number of rotatable bonds is 4. The predicted octanol–water partition coefficient (Wildman–Crippen LogP) is 3.97.